The van der Waals surface area contributed by atoms with Crippen molar-refractivity contribution in [2.45, 2.75) is 68.7 Å². The minimum Gasteiger partial charge on any atom is -0.356 e. The van der Waals surface area contributed by atoms with Crippen molar-refractivity contribution in [3.8, 4) is 6.07 Å². The Kier molecular flexibility index (Phi) is 7.53. The smallest absolute Gasteiger partial charge is 0.315 e. The van der Waals surface area contributed by atoms with Gasteiger partial charge in [-0.15, -0.1) is 0 Å². The van der Waals surface area contributed by atoms with Gasteiger partial charge in [0.2, 0.25) is 5.91 Å². The van der Waals surface area contributed by atoms with E-state index in [2.05, 4.69) is 22.0 Å². The summed E-state index contributed by atoms with van der Waals surface area (Å²) in [5, 5.41) is 17.8. The molecular weight excluding hydrogens is 312 g/mol. The van der Waals surface area contributed by atoms with Gasteiger partial charge in [0.25, 0.3) is 0 Å². The summed E-state index contributed by atoms with van der Waals surface area (Å²) in [6.07, 6.45) is 7.01. The zero-order valence-corrected chi connectivity index (χ0v) is 14.3. The molecule has 0 aromatic rings. The zero-order chi connectivity index (χ0) is 16.5. The van der Waals surface area contributed by atoms with Crippen LogP contribution in [0.1, 0.15) is 51.4 Å². The maximum Gasteiger partial charge on any atom is 0.315 e. The number of hydrogen-bond donors (Lipinski definition) is 3. The molecule has 0 radical (unpaired) electrons. The Bertz CT molecular complexity index is 452. The van der Waals surface area contributed by atoms with Gasteiger partial charge in [-0.3, -0.25) is 4.79 Å². The summed E-state index contributed by atoms with van der Waals surface area (Å²) in [5.74, 6) is 1.11. The van der Waals surface area contributed by atoms with E-state index in [-0.39, 0.29) is 24.0 Å². The molecule has 2 fully saturated rings. The van der Waals surface area contributed by atoms with Crippen LogP contribution in [0.25, 0.3) is 0 Å². The van der Waals surface area contributed by atoms with E-state index in [9.17, 15) is 9.59 Å². The quantitative estimate of drug-likeness (QED) is 0.419. The van der Waals surface area contributed by atoms with Crippen molar-refractivity contribution < 1.29 is 9.59 Å². The molecule has 2 aliphatic rings. The molecule has 0 bridgehead atoms. The van der Waals surface area contributed by atoms with E-state index in [1.54, 1.807) is 0 Å². The molecule has 3 atom stereocenters. The summed E-state index contributed by atoms with van der Waals surface area (Å²) in [4.78, 5) is 23.0. The van der Waals surface area contributed by atoms with Crippen LogP contribution in [0, 0.1) is 11.3 Å². The van der Waals surface area contributed by atoms with Crippen molar-refractivity contribution in [3.63, 3.8) is 0 Å². The van der Waals surface area contributed by atoms with Crippen LogP contribution in [-0.4, -0.2) is 41.6 Å². The van der Waals surface area contributed by atoms with E-state index in [4.69, 9.17) is 5.26 Å². The fraction of sp³-hybridized carbons (Fsp3) is 0.812. The number of amides is 3. The van der Waals surface area contributed by atoms with Crippen LogP contribution in [0.3, 0.4) is 0 Å². The first kappa shape index (κ1) is 17.9. The molecule has 2 rings (SSSR count). The molecule has 0 aliphatic carbocycles. The highest BCUT2D eigenvalue weighted by atomic mass is 32.2. The molecule has 128 valence electrons. The SMILES string of the molecule is N#CCCCCCNC(=O)CCCC[C@@H]1SC[C@@H]2NC(=O)N[C@@H]21. The molecule has 3 amide bonds. The topological polar surface area (TPSA) is 94.0 Å². The van der Waals surface area contributed by atoms with Crippen LogP contribution in [0.5, 0.6) is 0 Å². The van der Waals surface area contributed by atoms with Gasteiger partial charge in [-0.1, -0.05) is 12.8 Å². The second kappa shape index (κ2) is 9.66. The van der Waals surface area contributed by atoms with E-state index < -0.39 is 0 Å². The number of carbonyl (C=O) groups is 2. The van der Waals surface area contributed by atoms with Gasteiger partial charge < -0.3 is 16.0 Å². The molecule has 3 N–H and O–H groups in total. The zero-order valence-electron chi connectivity index (χ0n) is 13.5. The second-order valence-corrected chi connectivity index (χ2v) is 7.46. The number of urea groups is 1. The van der Waals surface area contributed by atoms with E-state index in [1.165, 1.54) is 0 Å². The average Bonchev–Trinajstić information content (AvgIpc) is 3.07. The lowest BCUT2D eigenvalue weighted by atomic mass is 10.0. The Morgan fingerprint density at radius 1 is 1.26 bits per heavy atom. The van der Waals surface area contributed by atoms with Gasteiger partial charge in [0.1, 0.15) is 0 Å². The minimum atomic E-state index is -0.0422. The van der Waals surface area contributed by atoms with E-state index >= 15 is 0 Å². The van der Waals surface area contributed by atoms with E-state index in [0.29, 0.717) is 24.6 Å². The fourth-order valence-corrected chi connectivity index (χ4v) is 4.64. The number of nitrogens with one attached hydrogen (secondary N) is 3. The van der Waals surface area contributed by atoms with Gasteiger partial charge >= 0.3 is 6.03 Å². The van der Waals surface area contributed by atoms with Crippen molar-refractivity contribution in [1.82, 2.24) is 16.0 Å². The third-order valence-corrected chi connectivity index (χ3v) is 5.88. The standard InChI is InChI=1S/C16H26N4O2S/c17-9-5-1-2-6-10-18-14(21)8-4-3-7-13-15-12(11-23-13)19-16(22)20-15/h12-13,15H,1-8,10-11H2,(H,18,21)(H2,19,20,22)/t12-,13-,15-/m0/s1. The Hall–Kier alpha value is -1.42. The predicted octanol–water partition coefficient (Wildman–Crippen LogP) is 1.91. The highest BCUT2D eigenvalue weighted by Crippen LogP contribution is 2.33. The van der Waals surface area contributed by atoms with Crippen molar-refractivity contribution in [2.75, 3.05) is 12.3 Å². The molecule has 6 nitrogen and oxygen atoms in total. The van der Waals surface area contributed by atoms with Crippen LogP contribution in [0.15, 0.2) is 0 Å². The molecule has 7 heteroatoms. The van der Waals surface area contributed by atoms with Crippen molar-refractivity contribution in [2.24, 2.45) is 0 Å². The van der Waals surface area contributed by atoms with Gasteiger partial charge in [0, 0.05) is 30.4 Å². The van der Waals surface area contributed by atoms with Crippen molar-refractivity contribution in [3.05, 3.63) is 0 Å². The molecule has 0 saturated carbocycles. The number of nitriles is 1. The number of fused-ring (bicyclic) bond motifs is 1. The lowest BCUT2D eigenvalue weighted by Gasteiger charge is -2.16. The van der Waals surface area contributed by atoms with Gasteiger partial charge in [0.05, 0.1) is 18.2 Å². The fourth-order valence-electron chi connectivity index (χ4n) is 3.10. The third kappa shape index (κ3) is 5.94. The van der Waals surface area contributed by atoms with Gasteiger partial charge in [-0.05, 0) is 25.7 Å². The lowest BCUT2D eigenvalue weighted by molar-refractivity contribution is -0.121. The first-order valence-electron chi connectivity index (χ1n) is 8.53. The minimum absolute atomic E-state index is 0.0422. The first-order chi connectivity index (χ1) is 11.2. The van der Waals surface area contributed by atoms with Crippen molar-refractivity contribution in [1.29, 1.82) is 5.26 Å². The Labute approximate surface area is 142 Å². The summed E-state index contributed by atoms with van der Waals surface area (Å²) < 4.78 is 0. The first-order valence-corrected chi connectivity index (χ1v) is 9.58. The molecule has 0 aromatic heterocycles. The summed E-state index contributed by atoms with van der Waals surface area (Å²) >= 11 is 1.92. The van der Waals surface area contributed by atoms with E-state index in [0.717, 1.165) is 44.3 Å². The number of unbranched alkanes of at least 4 members (excludes halogenated alkanes) is 4. The average molecular weight is 338 g/mol. The van der Waals surface area contributed by atoms with Crippen LogP contribution >= 0.6 is 11.8 Å². The molecular formula is C16H26N4O2S. The largest absolute Gasteiger partial charge is 0.356 e. The predicted molar refractivity (Wildman–Crippen MR) is 91.0 cm³/mol. The number of carbonyl (C=O) groups excluding carboxylic acids is 2. The van der Waals surface area contributed by atoms with Crippen LogP contribution < -0.4 is 16.0 Å². The van der Waals surface area contributed by atoms with Crippen molar-refractivity contribution >= 4 is 23.7 Å². The summed E-state index contributed by atoms with van der Waals surface area (Å²) in [7, 11) is 0. The molecule has 2 heterocycles. The maximum atomic E-state index is 11.7. The van der Waals surface area contributed by atoms with Gasteiger partial charge in [0.15, 0.2) is 0 Å². The monoisotopic (exact) mass is 338 g/mol. The summed E-state index contributed by atoms with van der Waals surface area (Å²) in [6.45, 7) is 0.712. The van der Waals surface area contributed by atoms with Crippen LogP contribution in [-0.2, 0) is 4.79 Å². The molecule has 0 unspecified atom stereocenters. The number of hydrogen-bond acceptors (Lipinski definition) is 4. The van der Waals surface area contributed by atoms with Crippen LogP contribution in [0.2, 0.25) is 0 Å². The second-order valence-electron chi connectivity index (χ2n) is 6.19. The third-order valence-electron chi connectivity index (χ3n) is 4.37. The van der Waals surface area contributed by atoms with Crippen LogP contribution in [0.4, 0.5) is 4.79 Å². The Morgan fingerprint density at radius 3 is 2.96 bits per heavy atom. The molecule has 2 saturated heterocycles. The number of rotatable bonds is 10. The summed E-state index contributed by atoms with van der Waals surface area (Å²) in [6, 6.07) is 2.62. The molecule has 2 aliphatic heterocycles. The van der Waals surface area contributed by atoms with E-state index in [1.807, 2.05) is 11.8 Å². The molecule has 0 aromatic carbocycles. The summed E-state index contributed by atoms with van der Waals surface area (Å²) in [5.41, 5.74) is 0. The number of nitrogens with zero attached hydrogens (tertiary/aromatic N) is 1. The van der Waals surface area contributed by atoms with Gasteiger partial charge in [-0.25, -0.2) is 4.79 Å². The highest BCUT2D eigenvalue weighted by molar-refractivity contribution is 8.00. The highest BCUT2D eigenvalue weighted by Gasteiger charge is 2.42. The Morgan fingerprint density at radius 2 is 2.13 bits per heavy atom. The van der Waals surface area contributed by atoms with Gasteiger partial charge in [-0.2, -0.15) is 17.0 Å². The molecule has 0 spiro atoms. The number of thioether (sulfide) groups is 1. The normalized spacial score (nSPS) is 25.3. The molecule has 23 heavy (non-hydrogen) atoms. The lowest BCUT2D eigenvalue weighted by Crippen LogP contribution is -2.36. The Balaban J connectivity index is 1.47. The maximum absolute atomic E-state index is 11.7.